The molecule has 4 heteroatoms. The largest absolute Gasteiger partial charge is 0.380 e. The fourth-order valence-corrected chi connectivity index (χ4v) is 1.64. The lowest BCUT2D eigenvalue weighted by atomic mass is 10.2. The van der Waals surface area contributed by atoms with Crippen molar-refractivity contribution in [2.75, 3.05) is 24.2 Å². The van der Waals surface area contributed by atoms with E-state index in [0.717, 1.165) is 36.0 Å². The van der Waals surface area contributed by atoms with Gasteiger partial charge >= 0.3 is 0 Å². The Hall–Kier alpha value is -1.32. The summed E-state index contributed by atoms with van der Waals surface area (Å²) in [5.74, 6) is 2.24. The van der Waals surface area contributed by atoms with Crippen molar-refractivity contribution in [1.82, 2.24) is 9.97 Å². The Kier molecular flexibility index (Phi) is 2.27. The molecule has 0 aliphatic carbocycles. The van der Waals surface area contributed by atoms with Gasteiger partial charge in [-0.1, -0.05) is 13.8 Å². The fraction of sp³-hybridized carbons (Fsp3) is 0.600. The van der Waals surface area contributed by atoms with Gasteiger partial charge in [0.05, 0.1) is 11.4 Å². The second-order valence-electron chi connectivity index (χ2n) is 3.83. The van der Waals surface area contributed by atoms with E-state index < -0.39 is 0 Å². The molecule has 4 nitrogen and oxygen atoms in total. The molecule has 1 aromatic rings. The Morgan fingerprint density at radius 2 is 2.14 bits per heavy atom. The maximum absolute atomic E-state index is 4.55. The third-order valence-corrected chi connectivity index (χ3v) is 2.42. The van der Waals surface area contributed by atoms with Crippen LogP contribution in [0.5, 0.6) is 0 Å². The summed E-state index contributed by atoms with van der Waals surface area (Å²) >= 11 is 0. The van der Waals surface area contributed by atoms with Crippen LogP contribution < -0.4 is 10.6 Å². The second-order valence-corrected chi connectivity index (χ2v) is 3.83. The van der Waals surface area contributed by atoms with Gasteiger partial charge in [-0.05, 0) is 0 Å². The molecule has 2 N–H and O–H groups in total. The van der Waals surface area contributed by atoms with Crippen molar-refractivity contribution in [3.63, 3.8) is 0 Å². The zero-order valence-electron chi connectivity index (χ0n) is 8.89. The Bertz CT molecular complexity index is 346. The molecular formula is C10H16N4. The van der Waals surface area contributed by atoms with Gasteiger partial charge < -0.3 is 10.6 Å². The number of nitrogens with one attached hydrogen (secondary N) is 2. The summed E-state index contributed by atoms with van der Waals surface area (Å²) in [6, 6.07) is 0. The molecule has 0 fully saturated rings. The van der Waals surface area contributed by atoms with E-state index in [1.807, 2.05) is 7.05 Å². The molecule has 0 saturated carbocycles. The van der Waals surface area contributed by atoms with Crippen molar-refractivity contribution >= 4 is 11.5 Å². The Labute approximate surface area is 84.2 Å². The minimum absolute atomic E-state index is 0.382. The quantitative estimate of drug-likeness (QED) is 0.747. The molecule has 0 unspecified atom stereocenters. The highest BCUT2D eigenvalue weighted by Gasteiger charge is 2.18. The zero-order chi connectivity index (χ0) is 10.1. The van der Waals surface area contributed by atoms with Crippen LogP contribution in [0.15, 0.2) is 0 Å². The molecule has 0 spiro atoms. The molecule has 0 atom stereocenters. The van der Waals surface area contributed by atoms with Crippen LogP contribution in [-0.2, 0) is 6.42 Å². The van der Waals surface area contributed by atoms with Gasteiger partial charge in [0.25, 0.3) is 0 Å². The lowest BCUT2D eigenvalue weighted by molar-refractivity contribution is 0.766. The van der Waals surface area contributed by atoms with Crippen molar-refractivity contribution in [3.05, 3.63) is 11.5 Å². The highest BCUT2D eigenvalue weighted by molar-refractivity contribution is 5.69. The molecule has 1 aliphatic rings. The van der Waals surface area contributed by atoms with Crippen LogP contribution in [0.3, 0.4) is 0 Å². The van der Waals surface area contributed by atoms with E-state index in [0.29, 0.717) is 5.92 Å². The molecule has 76 valence electrons. The van der Waals surface area contributed by atoms with Gasteiger partial charge in [-0.2, -0.15) is 0 Å². The summed E-state index contributed by atoms with van der Waals surface area (Å²) in [6.07, 6.45) is 1.01. The first-order valence-electron chi connectivity index (χ1n) is 5.04. The van der Waals surface area contributed by atoms with Crippen LogP contribution >= 0.6 is 0 Å². The van der Waals surface area contributed by atoms with E-state index in [1.54, 1.807) is 0 Å². The SMILES string of the molecule is CNc1nc(C(C)C)nc2c1NCC2. The molecule has 0 bridgehead atoms. The van der Waals surface area contributed by atoms with Crippen molar-refractivity contribution in [2.45, 2.75) is 26.2 Å². The molecule has 0 aromatic carbocycles. The van der Waals surface area contributed by atoms with Crippen molar-refractivity contribution in [1.29, 1.82) is 0 Å². The number of hydrogen-bond acceptors (Lipinski definition) is 4. The number of aromatic nitrogens is 2. The van der Waals surface area contributed by atoms with E-state index in [4.69, 9.17) is 0 Å². The lowest BCUT2D eigenvalue weighted by Crippen LogP contribution is -2.05. The van der Waals surface area contributed by atoms with E-state index in [1.165, 1.54) is 0 Å². The third kappa shape index (κ3) is 1.41. The minimum atomic E-state index is 0.382. The van der Waals surface area contributed by atoms with Crippen molar-refractivity contribution < 1.29 is 0 Å². The van der Waals surface area contributed by atoms with Crippen LogP contribution in [0.1, 0.15) is 31.3 Å². The summed E-state index contributed by atoms with van der Waals surface area (Å²) in [6.45, 7) is 5.20. The number of nitrogens with zero attached hydrogens (tertiary/aromatic N) is 2. The molecule has 0 amide bonds. The normalized spacial score (nSPS) is 14.0. The molecular weight excluding hydrogens is 176 g/mol. The second kappa shape index (κ2) is 3.44. The summed E-state index contributed by atoms with van der Waals surface area (Å²) < 4.78 is 0. The first kappa shape index (κ1) is 9.24. The van der Waals surface area contributed by atoms with E-state index >= 15 is 0 Å². The van der Waals surface area contributed by atoms with Gasteiger partial charge in [-0.3, -0.25) is 0 Å². The fourth-order valence-electron chi connectivity index (χ4n) is 1.64. The van der Waals surface area contributed by atoms with Crippen LogP contribution in [0.25, 0.3) is 0 Å². The average Bonchev–Trinajstić information content (AvgIpc) is 2.63. The summed E-state index contributed by atoms with van der Waals surface area (Å²) in [4.78, 5) is 9.03. The van der Waals surface area contributed by atoms with Crippen molar-refractivity contribution in [3.8, 4) is 0 Å². The number of hydrogen-bond donors (Lipinski definition) is 2. The molecule has 1 aromatic heterocycles. The highest BCUT2D eigenvalue weighted by Crippen LogP contribution is 2.28. The smallest absolute Gasteiger partial charge is 0.153 e. The predicted octanol–water partition coefficient (Wildman–Crippen LogP) is 1.61. The predicted molar refractivity (Wildman–Crippen MR) is 57.9 cm³/mol. The first-order valence-corrected chi connectivity index (χ1v) is 5.04. The highest BCUT2D eigenvalue weighted by atomic mass is 15.1. The van der Waals surface area contributed by atoms with E-state index in [2.05, 4.69) is 34.4 Å². The minimum Gasteiger partial charge on any atom is -0.380 e. The summed E-state index contributed by atoms with van der Waals surface area (Å²) in [7, 11) is 1.90. The van der Waals surface area contributed by atoms with Gasteiger partial charge in [0, 0.05) is 25.9 Å². The monoisotopic (exact) mass is 192 g/mol. The summed E-state index contributed by atoms with van der Waals surface area (Å²) in [5.41, 5.74) is 2.23. The van der Waals surface area contributed by atoms with E-state index in [-0.39, 0.29) is 0 Å². The maximum atomic E-state index is 4.55. The first-order chi connectivity index (χ1) is 6.72. The van der Waals surface area contributed by atoms with Crippen LogP contribution in [0.4, 0.5) is 11.5 Å². The van der Waals surface area contributed by atoms with Crippen molar-refractivity contribution in [2.24, 2.45) is 0 Å². The Morgan fingerprint density at radius 3 is 2.79 bits per heavy atom. The maximum Gasteiger partial charge on any atom is 0.153 e. The standard InChI is InChI=1S/C10H16N4/c1-6(2)9-13-7-4-5-12-8(7)10(11-3)14-9/h6,12H,4-5H2,1-3H3,(H,11,13,14). The number of anilines is 2. The van der Waals surface area contributed by atoms with E-state index in [9.17, 15) is 0 Å². The molecule has 2 rings (SSSR count). The van der Waals surface area contributed by atoms with Gasteiger partial charge in [-0.15, -0.1) is 0 Å². The number of fused-ring (bicyclic) bond motifs is 1. The zero-order valence-corrected chi connectivity index (χ0v) is 8.89. The third-order valence-electron chi connectivity index (χ3n) is 2.42. The molecule has 0 radical (unpaired) electrons. The van der Waals surface area contributed by atoms with Crippen LogP contribution in [0, 0.1) is 0 Å². The summed E-state index contributed by atoms with van der Waals surface area (Å²) in [5, 5.41) is 6.41. The van der Waals surface area contributed by atoms with Crippen LogP contribution in [-0.4, -0.2) is 23.6 Å². The molecule has 14 heavy (non-hydrogen) atoms. The lowest BCUT2D eigenvalue weighted by Gasteiger charge is -2.10. The van der Waals surface area contributed by atoms with Gasteiger partial charge in [-0.25, -0.2) is 9.97 Å². The molecule has 1 aliphatic heterocycles. The Balaban J connectivity index is 2.49. The molecule has 2 heterocycles. The van der Waals surface area contributed by atoms with Gasteiger partial charge in [0.1, 0.15) is 5.82 Å². The molecule has 0 saturated heterocycles. The Morgan fingerprint density at radius 1 is 1.36 bits per heavy atom. The van der Waals surface area contributed by atoms with Gasteiger partial charge in [0.2, 0.25) is 0 Å². The average molecular weight is 192 g/mol. The number of rotatable bonds is 2. The van der Waals surface area contributed by atoms with Gasteiger partial charge in [0.15, 0.2) is 5.82 Å². The topological polar surface area (TPSA) is 49.8 Å². The van der Waals surface area contributed by atoms with Crippen LogP contribution in [0.2, 0.25) is 0 Å².